The lowest BCUT2D eigenvalue weighted by Gasteiger charge is -2.12. The summed E-state index contributed by atoms with van der Waals surface area (Å²) in [5.41, 5.74) is 4.52. The van der Waals surface area contributed by atoms with E-state index in [2.05, 4.69) is 49.6 Å². The maximum absolute atomic E-state index is 3.64. The second-order valence-corrected chi connectivity index (χ2v) is 3.92. The molecule has 0 aromatic rings. The molecule has 0 amide bonds. The summed E-state index contributed by atoms with van der Waals surface area (Å²) in [5.74, 6) is 0.576. The van der Waals surface area contributed by atoms with Gasteiger partial charge in [0.05, 0.1) is 0 Å². The Morgan fingerprint density at radius 1 is 1.29 bits per heavy atom. The average molecular weight is 224 g/mol. The van der Waals surface area contributed by atoms with Gasteiger partial charge >= 0.3 is 0 Å². The lowest BCUT2D eigenvalue weighted by atomic mass is 9.92. The van der Waals surface area contributed by atoms with E-state index < -0.39 is 0 Å². The van der Waals surface area contributed by atoms with Gasteiger partial charge in [0.15, 0.2) is 0 Å². The molecule has 1 atom stereocenters. The average Bonchev–Trinajstić information content (AvgIpc) is 2.63. The fourth-order valence-corrected chi connectivity index (χ4v) is 1.73. The van der Waals surface area contributed by atoms with Crippen LogP contribution in [0.3, 0.4) is 0 Å². The molecule has 1 aliphatic rings. The number of rotatable bonds is 6. The van der Waals surface area contributed by atoms with Crippen LogP contribution in [0.4, 0.5) is 0 Å². The van der Waals surface area contributed by atoms with Crippen molar-refractivity contribution in [1.82, 2.24) is 0 Å². The minimum atomic E-state index is 0.576. The number of allylic oxidation sites excluding steroid dienone is 10. The Hall–Kier alpha value is -1.78. The van der Waals surface area contributed by atoms with E-state index in [0.717, 1.165) is 12.8 Å². The van der Waals surface area contributed by atoms with Crippen molar-refractivity contribution < 1.29 is 0 Å². The molecule has 0 heterocycles. The molecule has 0 spiro atoms. The molecule has 0 heteroatoms. The second-order valence-electron chi connectivity index (χ2n) is 3.92. The van der Waals surface area contributed by atoms with E-state index in [1.54, 1.807) is 6.08 Å². The van der Waals surface area contributed by atoms with Crippen molar-refractivity contribution in [2.75, 3.05) is 0 Å². The molecule has 1 aliphatic carbocycles. The Morgan fingerprint density at radius 3 is 2.94 bits per heavy atom. The Kier molecular flexibility index (Phi) is 6.55. The molecule has 0 N–H and O–H groups in total. The molecular formula is C17H20. The molecule has 0 saturated carbocycles. The van der Waals surface area contributed by atoms with Crippen LogP contribution in [0.1, 0.15) is 19.8 Å². The minimum absolute atomic E-state index is 0.576. The Labute approximate surface area is 105 Å². The third kappa shape index (κ3) is 5.19. The van der Waals surface area contributed by atoms with Crippen molar-refractivity contribution in [2.45, 2.75) is 19.8 Å². The zero-order valence-corrected chi connectivity index (χ0v) is 10.5. The van der Waals surface area contributed by atoms with Gasteiger partial charge in [-0.3, -0.25) is 0 Å². The van der Waals surface area contributed by atoms with E-state index in [1.165, 1.54) is 5.57 Å². The molecular weight excluding hydrogens is 204 g/mol. The van der Waals surface area contributed by atoms with Crippen LogP contribution < -0.4 is 0 Å². The summed E-state index contributed by atoms with van der Waals surface area (Å²) in [4.78, 5) is 0. The molecule has 0 fully saturated rings. The molecule has 17 heavy (non-hydrogen) atoms. The summed E-state index contributed by atoms with van der Waals surface area (Å²) in [5, 5.41) is 0. The molecule has 0 bridgehead atoms. The predicted octanol–water partition coefficient (Wildman–Crippen LogP) is 4.91. The Bertz CT molecular complexity index is 407. The fourth-order valence-electron chi connectivity index (χ4n) is 1.73. The molecule has 0 nitrogen and oxygen atoms in total. The van der Waals surface area contributed by atoms with Crippen LogP contribution in [0.5, 0.6) is 0 Å². The normalized spacial score (nSPS) is 16.4. The number of hydrogen-bond donors (Lipinski definition) is 0. The van der Waals surface area contributed by atoms with Crippen molar-refractivity contribution in [1.29, 1.82) is 0 Å². The van der Waals surface area contributed by atoms with Gasteiger partial charge in [-0.15, -0.1) is 5.73 Å². The monoisotopic (exact) mass is 224 g/mol. The molecule has 1 rings (SSSR count). The lowest BCUT2D eigenvalue weighted by molar-refractivity contribution is 0.614. The first-order valence-corrected chi connectivity index (χ1v) is 6.12. The highest BCUT2D eigenvalue weighted by Crippen LogP contribution is 2.21. The molecule has 0 aromatic carbocycles. The second kappa shape index (κ2) is 8.38. The van der Waals surface area contributed by atoms with Crippen molar-refractivity contribution in [3.63, 3.8) is 0 Å². The first-order chi connectivity index (χ1) is 8.38. The molecule has 0 radical (unpaired) electrons. The van der Waals surface area contributed by atoms with Crippen molar-refractivity contribution in [3.8, 4) is 0 Å². The maximum atomic E-state index is 3.64. The zero-order valence-electron chi connectivity index (χ0n) is 10.5. The molecule has 0 aliphatic heterocycles. The summed E-state index contributed by atoms with van der Waals surface area (Å²) in [7, 11) is 0. The molecule has 0 saturated heterocycles. The molecule has 1 unspecified atom stereocenters. The van der Waals surface area contributed by atoms with Crippen molar-refractivity contribution in [2.24, 2.45) is 5.92 Å². The highest BCUT2D eigenvalue weighted by atomic mass is 14.1. The fraction of sp³-hybridized carbons (Fsp3) is 0.235. The highest BCUT2D eigenvalue weighted by molar-refractivity contribution is 5.31. The SMILES string of the molecule is C=C/C=C\C=C/CC(CC)C1=CC=CC=C=C1. The van der Waals surface area contributed by atoms with Crippen LogP contribution in [0.25, 0.3) is 0 Å². The molecule has 88 valence electrons. The largest absolute Gasteiger partial charge is 0.121 e. The van der Waals surface area contributed by atoms with E-state index in [0.29, 0.717) is 5.92 Å². The predicted molar refractivity (Wildman–Crippen MR) is 76.8 cm³/mol. The van der Waals surface area contributed by atoms with Gasteiger partial charge in [-0.2, -0.15) is 0 Å². The quantitative estimate of drug-likeness (QED) is 0.444. The van der Waals surface area contributed by atoms with Crippen LogP contribution in [-0.4, -0.2) is 0 Å². The van der Waals surface area contributed by atoms with Gasteiger partial charge in [0.25, 0.3) is 0 Å². The third-order valence-corrected chi connectivity index (χ3v) is 2.72. The Balaban J connectivity index is 2.60. The van der Waals surface area contributed by atoms with Crippen LogP contribution in [0.2, 0.25) is 0 Å². The van der Waals surface area contributed by atoms with Gasteiger partial charge in [-0.05, 0) is 36.5 Å². The van der Waals surface area contributed by atoms with E-state index in [4.69, 9.17) is 0 Å². The first kappa shape index (κ1) is 13.3. The van der Waals surface area contributed by atoms with Gasteiger partial charge in [-0.1, -0.05) is 62.1 Å². The summed E-state index contributed by atoms with van der Waals surface area (Å²) in [6.07, 6.45) is 22.5. The van der Waals surface area contributed by atoms with Crippen LogP contribution >= 0.6 is 0 Å². The number of hydrogen-bond acceptors (Lipinski definition) is 0. The van der Waals surface area contributed by atoms with E-state index in [-0.39, 0.29) is 0 Å². The smallest absolute Gasteiger partial charge is 0.0124 e. The minimum Gasteiger partial charge on any atom is -0.121 e. The Morgan fingerprint density at radius 2 is 2.18 bits per heavy atom. The van der Waals surface area contributed by atoms with Crippen LogP contribution in [0, 0.1) is 5.92 Å². The van der Waals surface area contributed by atoms with Gasteiger partial charge in [0.2, 0.25) is 0 Å². The first-order valence-electron chi connectivity index (χ1n) is 6.12. The third-order valence-electron chi connectivity index (χ3n) is 2.72. The van der Waals surface area contributed by atoms with Crippen LogP contribution in [0.15, 0.2) is 78.6 Å². The van der Waals surface area contributed by atoms with Gasteiger partial charge in [-0.25, -0.2) is 0 Å². The summed E-state index contributed by atoms with van der Waals surface area (Å²) in [6, 6.07) is 0. The highest BCUT2D eigenvalue weighted by Gasteiger charge is 2.07. The summed E-state index contributed by atoms with van der Waals surface area (Å²) in [6.45, 7) is 5.87. The van der Waals surface area contributed by atoms with Gasteiger partial charge in [0.1, 0.15) is 0 Å². The van der Waals surface area contributed by atoms with E-state index in [9.17, 15) is 0 Å². The standard InChI is InChI=1S/C17H20/c1-3-5-6-7-10-13-16(4-2)17-14-11-8-9-12-15-17/h3,5-11,14-16H,1,4,13H2,2H3/b6-5-,10-7-. The summed E-state index contributed by atoms with van der Waals surface area (Å²) < 4.78 is 0. The van der Waals surface area contributed by atoms with E-state index in [1.807, 2.05) is 24.3 Å². The van der Waals surface area contributed by atoms with Gasteiger partial charge in [0, 0.05) is 0 Å². The maximum Gasteiger partial charge on any atom is -0.0124 e. The van der Waals surface area contributed by atoms with Crippen molar-refractivity contribution >= 4 is 0 Å². The zero-order chi connectivity index (χ0) is 12.3. The lowest BCUT2D eigenvalue weighted by Crippen LogP contribution is -1.99. The van der Waals surface area contributed by atoms with Crippen LogP contribution in [-0.2, 0) is 0 Å². The van der Waals surface area contributed by atoms with Gasteiger partial charge < -0.3 is 0 Å². The molecule has 0 aromatic heterocycles. The van der Waals surface area contributed by atoms with Crippen molar-refractivity contribution in [3.05, 3.63) is 78.6 Å². The summed E-state index contributed by atoms with van der Waals surface area (Å²) >= 11 is 0. The topological polar surface area (TPSA) is 0 Å². The van der Waals surface area contributed by atoms with E-state index >= 15 is 0 Å².